The van der Waals surface area contributed by atoms with Gasteiger partial charge >= 0.3 is 6.18 Å². The average Bonchev–Trinajstić information content (AvgIpc) is 2.41. The summed E-state index contributed by atoms with van der Waals surface area (Å²) in [6.45, 7) is 2.82. The lowest BCUT2D eigenvalue weighted by Gasteiger charge is -2.10. The number of hydrogen-bond acceptors (Lipinski definition) is 3. The summed E-state index contributed by atoms with van der Waals surface area (Å²) in [5.41, 5.74) is -0.0215. The highest BCUT2D eigenvalue weighted by molar-refractivity contribution is 6.32. The Morgan fingerprint density at radius 2 is 2.05 bits per heavy atom. The molecule has 0 saturated heterocycles. The zero-order chi connectivity index (χ0) is 15.9. The molecule has 8 heteroatoms. The van der Waals surface area contributed by atoms with Crippen LogP contribution in [0.4, 0.5) is 18.9 Å². The zero-order valence-corrected chi connectivity index (χ0v) is 12.6. The third kappa shape index (κ3) is 6.37. The Kier molecular flexibility index (Phi) is 7.01. The molecule has 0 unspecified atom stereocenters. The fourth-order valence-corrected chi connectivity index (χ4v) is 1.94. The van der Waals surface area contributed by atoms with E-state index < -0.39 is 12.6 Å². The maximum absolute atomic E-state index is 12.0. The Morgan fingerprint density at radius 3 is 2.67 bits per heavy atom. The molecule has 0 aliphatic rings. The Balaban J connectivity index is 2.49. The molecule has 1 aromatic rings. The summed E-state index contributed by atoms with van der Waals surface area (Å²) < 4.78 is 37.2. The van der Waals surface area contributed by atoms with Crippen LogP contribution in [0, 0.1) is 0 Å². The third-order valence-corrected chi connectivity index (χ3v) is 3.28. The molecule has 1 aromatic heterocycles. The van der Waals surface area contributed by atoms with Crippen LogP contribution in [0.1, 0.15) is 39.0 Å². The number of aromatic nitrogens is 2. The van der Waals surface area contributed by atoms with E-state index in [1.54, 1.807) is 0 Å². The molecule has 1 N–H and O–H groups in total. The van der Waals surface area contributed by atoms with Gasteiger partial charge in [-0.1, -0.05) is 24.9 Å². The van der Waals surface area contributed by atoms with E-state index in [1.807, 2.05) is 6.92 Å². The number of aryl methyl sites for hydroxylation is 1. The van der Waals surface area contributed by atoms with Gasteiger partial charge in [-0.15, -0.1) is 0 Å². The number of nitrogens with one attached hydrogen (secondary N) is 1. The molecule has 0 aliphatic carbocycles. The molecule has 0 saturated carbocycles. The van der Waals surface area contributed by atoms with E-state index in [-0.39, 0.29) is 17.0 Å². The molecule has 21 heavy (non-hydrogen) atoms. The molecule has 0 radical (unpaired) electrons. The van der Waals surface area contributed by atoms with Crippen LogP contribution in [0.5, 0.6) is 0 Å². The number of anilines is 1. The molecular formula is C13H19ClF3N3O. The minimum absolute atomic E-state index is 0.0249. The summed E-state index contributed by atoms with van der Waals surface area (Å²) in [5, 5.41) is 6.87. The lowest BCUT2D eigenvalue weighted by molar-refractivity contribution is -0.135. The van der Waals surface area contributed by atoms with Crippen LogP contribution in [-0.4, -0.2) is 22.5 Å². The van der Waals surface area contributed by atoms with Crippen molar-refractivity contribution in [3.05, 3.63) is 21.6 Å². The number of halogens is 4. The Labute approximate surface area is 126 Å². The number of unbranched alkanes of at least 4 members (excludes halogenated alkanes) is 2. The van der Waals surface area contributed by atoms with Gasteiger partial charge in [-0.3, -0.25) is 4.79 Å². The van der Waals surface area contributed by atoms with Gasteiger partial charge in [-0.25, -0.2) is 4.68 Å². The monoisotopic (exact) mass is 325 g/mol. The van der Waals surface area contributed by atoms with Gasteiger partial charge in [-0.2, -0.15) is 18.3 Å². The molecule has 1 heterocycles. The van der Waals surface area contributed by atoms with Crippen molar-refractivity contribution < 1.29 is 13.2 Å². The van der Waals surface area contributed by atoms with Gasteiger partial charge in [0.15, 0.2) is 0 Å². The van der Waals surface area contributed by atoms with Gasteiger partial charge in [0.1, 0.15) is 5.02 Å². The van der Waals surface area contributed by atoms with E-state index in [0.717, 1.165) is 12.8 Å². The van der Waals surface area contributed by atoms with Gasteiger partial charge in [0.2, 0.25) is 0 Å². The van der Waals surface area contributed by atoms with Crippen LogP contribution in [0.15, 0.2) is 11.0 Å². The second-order valence-corrected chi connectivity index (χ2v) is 5.13. The van der Waals surface area contributed by atoms with Crippen LogP contribution >= 0.6 is 11.6 Å². The smallest absolute Gasteiger partial charge is 0.382 e. The molecule has 0 amide bonds. The van der Waals surface area contributed by atoms with Crippen LogP contribution < -0.4 is 10.9 Å². The van der Waals surface area contributed by atoms with E-state index in [4.69, 9.17) is 11.6 Å². The van der Waals surface area contributed by atoms with Crippen LogP contribution in [0.2, 0.25) is 5.02 Å². The Morgan fingerprint density at radius 1 is 1.33 bits per heavy atom. The average molecular weight is 326 g/mol. The Hall–Kier alpha value is -1.24. The summed E-state index contributed by atoms with van der Waals surface area (Å²) in [4.78, 5) is 11.9. The maximum Gasteiger partial charge on any atom is 0.389 e. The Bertz CT molecular complexity index is 502. The summed E-state index contributed by atoms with van der Waals surface area (Å²) in [6, 6.07) is 0. The van der Waals surface area contributed by atoms with Crippen molar-refractivity contribution in [2.45, 2.75) is 51.7 Å². The van der Waals surface area contributed by atoms with Crippen LogP contribution in [0.25, 0.3) is 0 Å². The fraction of sp³-hybridized carbons (Fsp3) is 0.692. The van der Waals surface area contributed by atoms with Crippen molar-refractivity contribution >= 4 is 17.3 Å². The van der Waals surface area contributed by atoms with E-state index in [2.05, 4.69) is 10.4 Å². The lowest BCUT2D eigenvalue weighted by atomic mass is 10.2. The van der Waals surface area contributed by atoms with Gasteiger partial charge < -0.3 is 5.32 Å². The van der Waals surface area contributed by atoms with Crippen molar-refractivity contribution in [1.29, 1.82) is 0 Å². The molecule has 0 spiro atoms. The number of nitrogens with zero attached hydrogens (tertiary/aromatic N) is 2. The standard InChI is InChI=1S/C13H19ClF3N3O/c1-2-3-8-20-12(21)11(14)10(9-19-20)18-7-5-4-6-13(15,16)17/h9,18H,2-8H2,1H3. The van der Waals surface area contributed by atoms with E-state index in [1.165, 1.54) is 10.9 Å². The fourth-order valence-electron chi connectivity index (χ4n) is 1.73. The summed E-state index contributed by atoms with van der Waals surface area (Å²) in [5.74, 6) is 0. The molecule has 4 nitrogen and oxygen atoms in total. The molecule has 120 valence electrons. The van der Waals surface area contributed by atoms with E-state index >= 15 is 0 Å². The summed E-state index contributed by atoms with van der Waals surface area (Å²) >= 11 is 5.95. The molecule has 1 rings (SSSR count). The summed E-state index contributed by atoms with van der Waals surface area (Å²) in [7, 11) is 0. The molecule has 0 fully saturated rings. The number of hydrogen-bond donors (Lipinski definition) is 1. The largest absolute Gasteiger partial charge is 0.389 e. The highest BCUT2D eigenvalue weighted by Gasteiger charge is 2.25. The topological polar surface area (TPSA) is 46.9 Å². The second-order valence-electron chi connectivity index (χ2n) is 4.75. The van der Waals surface area contributed by atoms with Gasteiger partial charge in [0, 0.05) is 19.5 Å². The lowest BCUT2D eigenvalue weighted by Crippen LogP contribution is -2.24. The first-order valence-corrected chi connectivity index (χ1v) is 7.29. The van der Waals surface area contributed by atoms with Crippen LogP contribution in [0.3, 0.4) is 0 Å². The quantitative estimate of drug-likeness (QED) is 0.739. The van der Waals surface area contributed by atoms with Crippen molar-refractivity contribution in [2.75, 3.05) is 11.9 Å². The first kappa shape index (κ1) is 17.8. The van der Waals surface area contributed by atoms with Crippen LogP contribution in [-0.2, 0) is 6.54 Å². The van der Waals surface area contributed by atoms with Crippen molar-refractivity contribution in [3.63, 3.8) is 0 Å². The minimum atomic E-state index is -4.13. The molecule has 0 atom stereocenters. The SMILES string of the molecule is CCCCn1ncc(NCCCCC(F)(F)F)c(Cl)c1=O. The summed E-state index contributed by atoms with van der Waals surface area (Å²) in [6.07, 6.45) is -1.36. The highest BCUT2D eigenvalue weighted by Crippen LogP contribution is 2.22. The molecule has 0 bridgehead atoms. The zero-order valence-electron chi connectivity index (χ0n) is 11.8. The first-order chi connectivity index (χ1) is 9.85. The first-order valence-electron chi connectivity index (χ1n) is 6.91. The predicted octanol–water partition coefficient (Wildman–Crippen LogP) is 3.84. The van der Waals surface area contributed by atoms with Gasteiger partial charge in [-0.05, 0) is 19.3 Å². The molecule has 0 aromatic carbocycles. The van der Waals surface area contributed by atoms with E-state index in [9.17, 15) is 18.0 Å². The molecule has 0 aliphatic heterocycles. The van der Waals surface area contributed by atoms with Crippen molar-refractivity contribution in [3.8, 4) is 0 Å². The second kappa shape index (κ2) is 8.26. The molecular weight excluding hydrogens is 307 g/mol. The maximum atomic E-state index is 12.0. The predicted molar refractivity (Wildman–Crippen MR) is 76.8 cm³/mol. The van der Waals surface area contributed by atoms with E-state index in [0.29, 0.717) is 25.2 Å². The minimum Gasteiger partial charge on any atom is -0.382 e. The number of alkyl halides is 3. The van der Waals surface area contributed by atoms with Gasteiger partial charge in [0.25, 0.3) is 5.56 Å². The normalized spacial score (nSPS) is 11.7. The third-order valence-electron chi connectivity index (χ3n) is 2.91. The van der Waals surface area contributed by atoms with Crippen molar-refractivity contribution in [1.82, 2.24) is 9.78 Å². The van der Waals surface area contributed by atoms with Crippen molar-refractivity contribution in [2.24, 2.45) is 0 Å². The number of rotatable bonds is 8. The highest BCUT2D eigenvalue weighted by atomic mass is 35.5. The van der Waals surface area contributed by atoms with Gasteiger partial charge in [0.05, 0.1) is 11.9 Å².